The second kappa shape index (κ2) is 5.56. The number of hydrogen-bond donors (Lipinski definition) is 1. The van der Waals surface area contributed by atoms with Gasteiger partial charge in [0.05, 0.1) is 15.2 Å². The summed E-state index contributed by atoms with van der Waals surface area (Å²) < 4.78 is 0.931. The molecular formula is C16H15BrClN. The van der Waals surface area contributed by atoms with Gasteiger partial charge in [-0.05, 0) is 57.9 Å². The molecular weight excluding hydrogens is 322 g/mol. The Morgan fingerprint density at radius 3 is 2.68 bits per heavy atom. The first kappa shape index (κ1) is 13.0. The molecule has 0 aromatic heterocycles. The Labute approximate surface area is 127 Å². The van der Waals surface area contributed by atoms with Gasteiger partial charge in [0, 0.05) is 6.54 Å². The van der Waals surface area contributed by atoms with E-state index in [0.717, 1.165) is 27.6 Å². The van der Waals surface area contributed by atoms with Crippen LogP contribution in [0.2, 0.25) is 5.02 Å². The zero-order valence-electron chi connectivity index (χ0n) is 10.5. The molecule has 1 saturated carbocycles. The molecule has 19 heavy (non-hydrogen) atoms. The third-order valence-corrected chi connectivity index (χ3v) is 4.89. The highest BCUT2D eigenvalue weighted by atomic mass is 79.9. The molecule has 1 nitrogen and oxygen atoms in total. The molecule has 3 rings (SSSR count). The number of halogens is 2. The summed E-state index contributed by atoms with van der Waals surface area (Å²) in [5.41, 5.74) is 3.92. The molecule has 0 heterocycles. The molecule has 1 fully saturated rings. The van der Waals surface area contributed by atoms with Crippen LogP contribution in [0.3, 0.4) is 0 Å². The molecule has 0 aliphatic heterocycles. The van der Waals surface area contributed by atoms with Crippen molar-refractivity contribution >= 4 is 33.2 Å². The second-order valence-corrected chi connectivity index (χ2v) is 6.13. The monoisotopic (exact) mass is 335 g/mol. The first-order valence-corrected chi connectivity index (χ1v) is 7.68. The van der Waals surface area contributed by atoms with Crippen molar-refractivity contribution in [1.82, 2.24) is 0 Å². The van der Waals surface area contributed by atoms with Gasteiger partial charge < -0.3 is 5.32 Å². The van der Waals surface area contributed by atoms with Crippen molar-refractivity contribution in [2.75, 3.05) is 5.32 Å². The third kappa shape index (κ3) is 2.96. The Hall–Kier alpha value is -0.990. The van der Waals surface area contributed by atoms with E-state index in [9.17, 15) is 0 Å². The maximum absolute atomic E-state index is 6.10. The van der Waals surface area contributed by atoms with Crippen molar-refractivity contribution in [1.29, 1.82) is 0 Å². The molecule has 0 atom stereocenters. The van der Waals surface area contributed by atoms with E-state index < -0.39 is 0 Å². The van der Waals surface area contributed by atoms with E-state index in [1.807, 2.05) is 18.2 Å². The minimum Gasteiger partial charge on any atom is -0.380 e. The van der Waals surface area contributed by atoms with Gasteiger partial charge in [0.1, 0.15) is 0 Å². The van der Waals surface area contributed by atoms with E-state index in [1.54, 1.807) is 0 Å². The van der Waals surface area contributed by atoms with Gasteiger partial charge in [-0.25, -0.2) is 0 Å². The van der Waals surface area contributed by atoms with E-state index >= 15 is 0 Å². The predicted octanol–water partition coefficient (Wildman–Crippen LogP) is 5.59. The van der Waals surface area contributed by atoms with Crippen LogP contribution in [0.4, 0.5) is 5.69 Å². The molecule has 2 aromatic carbocycles. The summed E-state index contributed by atoms with van der Waals surface area (Å²) in [4.78, 5) is 0. The summed E-state index contributed by atoms with van der Waals surface area (Å²) in [7, 11) is 0. The summed E-state index contributed by atoms with van der Waals surface area (Å²) in [5, 5.41) is 4.20. The minimum atomic E-state index is 0.737. The molecule has 0 radical (unpaired) electrons. The van der Waals surface area contributed by atoms with E-state index in [2.05, 4.69) is 45.5 Å². The Balaban J connectivity index is 1.77. The normalized spacial score (nSPS) is 14.4. The van der Waals surface area contributed by atoms with Crippen molar-refractivity contribution in [3.8, 4) is 0 Å². The van der Waals surface area contributed by atoms with E-state index in [4.69, 9.17) is 11.6 Å². The van der Waals surface area contributed by atoms with Crippen LogP contribution in [-0.2, 0) is 6.54 Å². The maximum Gasteiger partial charge on any atom is 0.0593 e. The smallest absolute Gasteiger partial charge is 0.0593 e. The Morgan fingerprint density at radius 1 is 1.11 bits per heavy atom. The average molecular weight is 337 g/mol. The average Bonchev–Trinajstić information content (AvgIpc) is 3.25. The Bertz CT molecular complexity index is 593. The zero-order chi connectivity index (χ0) is 13.2. The molecule has 0 saturated heterocycles. The number of benzene rings is 2. The van der Waals surface area contributed by atoms with Crippen LogP contribution in [0.15, 0.2) is 46.9 Å². The van der Waals surface area contributed by atoms with Crippen molar-refractivity contribution in [3.05, 3.63) is 63.1 Å². The van der Waals surface area contributed by atoms with Crippen LogP contribution in [0.5, 0.6) is 0 Å². The first-order valence-electron chi connectivity index (χ1n) is 6.51. The van der Waals surface area contributed by atoms with Crippen molar-refractivity contribution in [2.45, 2.75) is 25.3 Å². The summed E-state index contributed by atoms with van der Waals surface area (Å²) in [6.45, 7) is 0.839. The largest absolute Gasteiger partial charge is 0.380 e. The topological polar surface area (TPSA) is 12.0 Å². The number of nitrogens with one attached hydrogen (secondary N) is 1. The SMILES string of the molecule is Clc1cccc(NCc2ccccc2C2CC2)c1Br. The van der Waals surface area contributed by atoms with Crippen molar-refractivity contribution in [3.63, 3.8) is 0 Å². The quantitative estimate of drug-likeness (QED) is 0.767. The lowest BCUT2D eigenvalue weighted by Crippen LogP contribution is -2.03. The molecule has 1 N–H and O–H groups in total. The van der Waals surface area contributed by atoms with Crippen molar-refractivity contribution in [2.24, 2.45) is 0 Å². The summed E-state index contributed by atoms with van der Waals surface area (Å²) in [6, 6.07) is 14.6. The van der Waals surface area contributed by atoms with Gasteiger partial charge in [-0.2, -0.15) is 0 Å². The van der Waals surface area contributed by atoms with Crippen LogP contribution in [0, 0.1) is 0 Å². The molecule has 2 aromatic rings. The Morgan fingerprint density at radius 2 is 1.89 bits per heavy atom. The molecule has 98 valence electrons. The van der Waals surface area contributed by atoms with Crippen LogP contribution >= 0.6 is 27.5 Å². The standard InChI is InChI=1S/C16H15BrClN/c17-16-14(18)6-3-7-15(16)19-10-12-4-1-2-5-13(12)11-8-9-11/h1-7,11,19H,8-10H2. The highest BCUT2D eigenvalue weighted by Crippen LogP contribution is 2.41. The van der Waals surface area contributed by atoms with Gasteiger partial charge in [0.25, 0.3) is 0 Å². The predicted molar refractivity (Wildman–Crippen MR) is 84.9 cm³/mol. The minimum absolute atomic E-state index is 0.737. The molecule has 1 aliphatic rings. The van der Waals surface area contributed by atoms with Gasteiger partial charge >= 0.3 is 0 Å². The van der Waals surface area contributed by atoms with Crippen LogP contribution < -0.4 is 5.32 Å². The van der Waals surface area contributed by atoms with E-state index in [-0.39, 0.29) is 0 Å². The lowest BCUT2D eigenvalue weighted by molar-refractivity contribution is 1.03. The fourth-order valence-corrected chi connectivity index (χ4v) is 2.90. The van der Waals surface area contributed by atoms with Gasteiger partial charge in [0.15, 0.2) is 0 Å². The highest BCUT2D eigenvalue weighted by molar-refractivity contribution is 9.10. The molecule has 0 amide bonds. The summed E-state index contributed by atoms with van der Waals surface area (Å²) in [6.07, 6.45) is 2.66. The van der Waals surface area contributed by atoms with Crippen LogP contribution in [0.25, 0.3) is 0 Å². The van der Waals surface area contributed by atoms with Crippen molar-refractivity contribution < 1.29 is 0 Å². The molecule has 1 aliphatic carbocycles. The highest BCUT2D eigenvalue weighted by Gasteiger charge is 2.25. The van der Waals surface area contributed by atoms with Gasteiger partial charge in [0.2, 0.25) is 0 Å². The molecule has 0 spiro atoms. The second-order valence-electron chi connectivity index (χ2n) is 4.93. The molecule has 0 bridgehead atoms. The lowest BCUT2D eigenvalue weighted by atomic mass is 10.0. The zero-order valence-corrected chi connectivity index (χ0v) is 12.8. The first-order chi connectivity index (χ1) is 9.25. The van der Waals surface area contributed by atoms with Gasteiger partial charge in [-0.3, -0.25) is 0 Å². The summed E-state index contributed by atoms with van der Waals surface area (Å²) in [5.74, 6) is 0.779. The van der Waals surface area contributed by atoms with Crippen LogP contribution in [0.1, 0.15) is 29.9 Å². The number of anilines is 1. The fourth-order valence-electron chi connectivity index (χ4n) is 2.32. The summed E-state index contributed by atoms with van der Waals surface area (Å²) >= 11 is 9.62. The number of rotatable bonds is 4. The van der Waals surface area contributed by atoms with Crippen LogP contribution in [-0.4, -0.2) is 0 Å². The van der Waals surface area contributed by atoms with E-state index in [1.165, 1.54) is 24.0 Å². The lowest BCUT2D eigenvalue weighted by Gasteiger charge is -2.12. The molecule has 3 heteroatoms. The van der Waals surface area contributed by atoms with E-state index in [0.29, 0.717) is 0 Å². The van der Waals surface area contributed by atoms with Gasteiger partial charge in [-0.15, -0.1) is 0 Å². The fraction of sp³-hybridized carbons (Fsp3) is 0.250. The number of hydrogen-bond acceptors (Lipinski definition) is 1. The third-order valence-electron chi connectivity index (χ3n) is 3.49. The van der Waals surface area contributed by atoms with Gasteiger partial charge in [-0.1, -0.05) is 41.9 Å². The molecule has 0 unspecified atom stereocenters. The maximum atomic E-state index is 6.10. The Kier molecular flexibility index (Phi) is 3.81.